The second-order valence-electron chi connectivity index (χ2n) is 6.27. The Morgan fingerprint density at radius 1 is 1.35 bits per heavy atom. The number of hydrogen-bond acceptors (Lipinski definition) is 3. The number of aryl methyl sites for hydroxylation is 1. The Morgan fingerprint density at radius 2 is 2.00 bits per heavy atom. The van der Waals surface area contributed by atoms with Gasteiger partial charge in [0.05, 0.1) is 4.90 Å². The van der Waals surface area contributed by atoms with Gasteiger partial charge in [0.25, 0.3) is 0 Å². The fourth-order valence-corrected chi connectivity index (χ4v) is 3.03. The first-order valence-electron chi connectivity index (χ1n) is 7.08. The summed E-state index contributed by atoms with van der Waals surface area (Å²) >= 11 is 0. The molecule has 1 heterocycles. The fourth-order valence-electron chi connectivity index (χ4n) is 1.94. The molecule has 0 saturated carbocycles. The predicted molar refractivity (Wildman–Crippen MR) is 81.9 cm³/mol. The van der Waals surface area contributed by atoms with Gasteiger partial charge in [-0.3, -0.25) is 0 Å². The molecular formula is C14H27N3O2S. The van der Waals surface area contributed by atoms with Crippen LogP contribution in [0.4, 0.5) is 0 Å². The summed E-state index contributed by atoms with van der Waals surface area (Å²) < 4.78 is 29.0. The van der Waals surface area contributed by atoms with E-state index in [4.69, 9.17) is 5.73 Å². The van der Waals surface area contributed by atoms with Gasteiger partial charge in [-0.2, -0.15) is 0 Å². The predicted octanol–water partition coefficient (Wildman–Crippen LogP) is 2.07. The Balaban J connectivity index is 2.82. The maximum absolute atomic E-state index is 12.2. The summed E-state index contributed by atoms with van der Waals surface area (Å²) in [6.45, 7) is 9.89. The van der Waals surface area contributed by atoms with Crippen molar-refractivity contribution in [2.45, 2.75) is 58.5 Å². The molecule has 0 bridgehead atoms. The van der Waals surface area contributed by atoms with Crippen LogP contribution in [0.2, 0.25) is 0 Å². The standard InChI is InChI=1S/C14H27N3O2S/c1-5-8-17-11-13(9-12(17)10-15)20(18,19)16-7-6-14(2,3)4/h9,11,16H,5-8,10,15H2,1-4H3. The Bertz CT molecular complexity index is 527. The van der Waals surface area contributed by atoms with E-state index in [9.17, 15) is 8.42 Å². The molecule has 0 unspecified atom stereocenters. The van der Waals surface area contributed by atoms with E-state index in [-0.39, 0.29) is 5.41 Å². The minimum Gasteiger partial charge on any atom is -0.349 e. The minimum atomic E-state index is -3.44. The number of nitrogens with zero attached hydrogens (tertiary/aromatic N) is 1. The minimum absolute atomic E-state index is 0.110. The number of rotatable bonds is 7. The molecule has 6 heteroatoms. The van der Waals surface area contributed by atoms with Gasteiger partial charge in [0, 0.05) is 31.5 Å². The van der Waals surface area contributed by atoms with Gasteiger partial charge in [-0.15, -0.1) is 0 Å². The normalized spacial score (nSPS) is 12.8. The molecule has 0 fully saturated rings. The zero-order valence-electron chi connectivity index (χ0n) is 12.9. The summed E-state index contributed by atoms with van der Waals surface area (Å²) in [5.41, 5.74) is 6.62. The highest BCUT2D eigenvalue weighted by Gasteiger charge is 2.19. The highest BCUT2D eigenvalue weighted by Crippen LogP contribution is 2.19. The van der Waals surface area contributed by atoms with Gasteiger partial charge in [-0.05, 0) is 24.3 Å². The summed E-state index contributed by atoms with van der Waals surface area (Å²) in [4.78, 5) is 0.306. The third kappa shape index (κ3) is 4.92. The molecule has 0 spiro atoms. The van der Waals surface area contributed by atoms with Crippen LogP contribution in [0.3, 0.4) is 0 Å². The highest BCUT2D eigenvalue weighted by atomic mass is 32.2. The van der Waals surface area contributed by atoms with Crippen LogP contribution in [0, 0.1) is 5.41 Å². The van der Waals surface area contributed by atoms with Crippen LogP contribution in [0.5, 0.6) is 0 Å². The largest absolute Gasteiger partial charge is 0.349 e. The first-order valence-corrected chi connectivity index (χ1v) is 8.56. The average Bonchev–Trinajstić information content (AvgIpc) is 2.71. The van der Waals surface area contributed by atoms with Crippen molar-refractivity contribution in [3.63, 3.8) is 0 Å². The van der Waals surface area contributed by atoms with E-state index in [0.29, 0.717) is 18.0 Å². The van der Waals surface area contributed by atoms with Crippen molar-refractivity contribution in [1.29, 1.82) is 0 Å². The summed E-state index contributed by atoms with van der Waals surface area (Å²) in [5, 5.41) is 0. The Labute approximate surface area is 122 Å². The highest BCUT2D eigenvalue weighted by molar-refractivity contribution is 7.89. The van der Waals surface area contributed by atoms with Crippen LogP contribution in [0.15, 0.2) is 17.2 Å². The topological polar surface area (TPSA) is 77.1 Å². The van der Waals surface area contributed by atoms with E-state index in [1.165, 1.54) is 0 Å². The molecule has 0 aromatic carbocycles. The average molecular weight is 301 g/mol. The van der Waals surface area contributed by atoms with Crippen molar-refractivity contribution in [1.82, 2.24) is 9.29 Å². The number of aromatic nitrogens is 1. The summed E-state index contributed by atoms with van der Waals surface area (Å²) in [6.07, 6.45) is 3.41. The zero-order chi connectivity index (χ0) is 15.4. The molecule has 20 heavy (non-hydrogen) atoms. The number of nitrogens with two attached hydrogens (primary N) is 1. The van der Waals surface area contributed by atoms with Crippen molar-refractivity contribution in [2.24, 2.45) is 11.1 Å². The van der Waals surface area contributed by atoms with Crippen LogP contribution in [0.25, 0.3) is 0 Å². The first-order chi connectivity index (χ1) is 9.19. The molecular weight excluding hydrogens is 274 g/mol. The molecule has 0 aliphatic rings. The summed E-state index contributed by atoms with van der Waals surface area (Å²) in [5.74, 6) is 0. The van der Waals surface area contributed by atoms with Gasteiger partial charge in [0.2, 0.25) is 10.0 Å². The van der Waals surface area contributed by atoms with Crippen LogP contribution in [-0.2, 0) is 23.1 Å². The third-order valence-electron chi connectivity index (χ3n) is 3.11. The monoisotopic (exact) mass is 301 g/mol. The van der Waals surface area contributed by atoms with E-state index in [2.05, 4.69) is 32.4 Å². The molecule has 5 nitrogen and oxygen atoms in total. The zero-order valence-corrected chi connectivity index (χ0v) is 13.8. The molecule has 0 aliphatic heterocycles. The quantitative estimate of drug-likeness (QED) is 0.809. The van der Waals surface area contributed by atoms with Crippen LogP contribution < -0.4 is 10.5 Å². The Morgan fingerprint density at radius 3 is 2.50 bits per heavy atom. The lowest BCUT2D eigenvalue weighted by atomic mass is 9.93. The number of sulfonamides is 1. The lowest BCUT2D eigenvalue weighted by Gasteiger charge is -2.17. The van der Waals surface area contributed by atoms with E-state index in [1.807, 2.05) is 4.57 Å². The summed E-state index contributed by atoms with van der Waals surface area (Å²) in [7, 11) is -3.44. The van der Waals surface area contributed by atoms with Gasteiger partial charge < -0.3 is 10.3 Å². The van der Waals surface area contributed by atoms with E-state index >= 15 is 0 Å². The summed E-state index contributed by atoms with van der Waals surface area (Å²) in [6, 6.07) is 1.66. The van der Waals surface area contributed by atoms with E-state index in [0.717, 1.165) is 25.1 Å². The molecule has 0 aliphatic carbocycles. The van der Waals surface area contributed by atoms with Gasteiger partial charge in [0.1, 0.15) is 0 Å². The lowest BCUT2D eigenvalue weighted by molar-refractivity contribution is 0.378. The molecule has 0 saturated heterocycles. The van der Waals surface area contributed by atoms with Gasteiger partial charge in [-0.25, -0.2) is 13.1 Å². The van der Waals surface area contributed by atoms with Crippen LogP contribution in [0.1, 0.15) is 46.2 Å². The van der Waals surface area contributed by atoms with Crippen molar-refractivity contribution >= 4 is 10.0 Å². The molecule has 3 N–H and O–H groups in total. The SMILES string of the molecule is CCCn1cc(S(=O)(=O)NCCC(C)(C)C)cc1CN. The smallest absolute Gasteiger partial charge is 0.242 e. The van der Waals surface area contributed by atoms with Gasteiger partial charge in [0.15, 0.2) is 0 Å². The molecule has 116 valence electrons. The van der Waals surface area contributed by atoms with Crippen molar-refractivity contribution in [3.8, 4) is 0 Å². The van der Waals surface area contributed by atoms with Crippen molar-refractivity contribution in [2.75, 3.05) is 6.54 Å². The van der Waals surface area contributed by atoms with Gasteiger partial charge >= 0.3 is 0 Å². The Hall–Kier alpha value is -0.850. The van der Waals surface area contributed by atoms with Crippen LogP contribution in [-0.4, -0.2) is 19.5 Å². The Kier molecular flexibility index (Phi) is 5.79. The van der Waals surface area contributed by atoms with Crippen LogP contribution >= 0.6 is 0 Å². The number of hydrogen-bond donors (Lipinski definition) is 2. The van der Waals surface area contributed by atoms with E-state index < -0.39 is 10.0 Å². The third-order valence-corrected chi connectivity index (χ3v) is 4.54. The molecule has 1 rings (SSSR count). The maximum Gasteiger partial charge on any atom is 0.242 e. The van der Waals surface area contributed by atoms with Crippen molar-refractivity contribution in [3.05, 3.63) is 18.0 Å². The molecule has 0 atom stereocenters. The fraction of sp³-hybridized carbons (Fsp3) is 0.714. The molecule has 0 radical (unpaired) electrons. The molecule has 1 aromatic heterocycles. The van der Waals surface area contributed by atoms with E-state index in [1.54, 1.807) is 12.3 Å². The lowest BCUT2D eigenvalue weighted by Crippen LogP contribution is -2.27. The maximum atomic E-state index is 12.2. The second-order valence-corrected chi connectivity index (χ2v) is 8.04. The molecule has 0 amide bonds. The van der Waals surface area contributed by atoms with Gasteiger partial charge in [-0.1, -0.05) is 27.7 Å². The first kappa shape index (κ1) is 17.2. The molecule has 1 aromatic rings. The van der Waals surface area contributed by atoms with Crippen molar-refractivity contribution < 1.29 is 8.42 Å². The number of nitrogens with one attached hydrogen (secondary N) is 1. The second kappa shape index (κ2) is 6.74.